The molecule has 12 heterocycles. The number of nitrogens with one attached hydrogen (secondary N) is 1. The molecular weight excluding hydrogens is 1870 g/mol. The number of likely N-dealkylation sites (N-methyl/N-ethyl adjacent to an activating group) is 4. The smallest absolute Gasteiger partial charge is 0.302 e. The highest BCUT2D eigenvalue weighted by Gasteiger charge is 2.61. The first kappa shape index (κ1) is 102. The molecular formula is C110H117N13O23. The van der Waals surface area contributed by atoms with Gasteiger partial charge in [-0.1, -0.05) is 38.1 Å². The third-order valence-corrected chi connectivity index (χ3v) is 32.2. The number of piperazine rings is 4. The van der Waals surface area contributed by atoms with Crippen molar-refractivity contribution >= 4 is 58.1 Å². The van der Waals surface area contributed by atoms with Gasteiger partial charge < -0.3 is 88.0 Å². The average Bonchev–Trinajstić information content (AvgIpc) is 0.708. The molecule has 4 aliphatic carbocycles. The summed E-state index contributed by atoms with van der Waals surface area (Å²) < 4.78 is 48.7. The summed E-state index contributed by atoms with van der Waals surface area (Å²) in [6.45, 7) is 20.1. The third-order valence-electron chi connectivity index (χ3n) is 32.2. The minimum atomic E-state index is -0.900. The zero-order valence-electron chi connectivity index (χ0n) is 85.9. The van der Waals surface area contributed by atoms with Crippen molar-refractivity contribution in [3.8, 4) is 70.3 Å². The number of benzene rings is 4. The van der Waals surface area contributed by atoms with Crippen LogP contribution in [0.1, 0.15) is 159 Å². The number of ketones is 8. The highest BCUT2D eigenvalue weighted by Crippen LogP contribution is 2.61. The fourth-order valence-electron chi connectivity index (χ4n) is 25.9. The lowest BCUT2D eigenvalue weighted by Gasteiger charge is -2.57. The Kier molecular flexibility index (Phi) is 26.8. The topological polar surface area (TPSA) is 468 Å². The van der Waals surface area contributed by atoms with E-state index in [0.717, 1.165) is 67.0 Å². The highest BCUT2D eigenvalue weighted by atomic mass is 16.5. The number of aryl methyl sites for hydroxylation is 4. The molecule has 0 radical (unpaired) electrons. The van der Waals surface area contributed by atoms with Crippen molar-refractivity contribution in [1.82, 2.24) is 44.5 Å². The van der Waals surface area contributed by atoms with Crippen LogP contribution in [0.25, 0.3) is 0 Å². The molecule has 0 aromatic heterocycles. The quantitative estimate of drug-likeness (QED) is 0.0579. The van der Waals surface area contributed by atoms with Crippen molar-refractivity contribution in [2.45, 2.75) is 218 Å². The Balaban J connectivity index is 0.000000133. The maximum absolute atomic E-state index is 13.6. The number of amides is 1. The molecule has 4 saturated heterocycles. The number of phenols is 4. The Morgan fingerprint density at radius 3 is 0.795 bits per heavy atom. The molecule has 36 heteroatoms. The van der Waals surface area contributed by atoms with E-state index >= 15 is 0 Å². The summed E-state index contributed by atoms with van der Waals surface area (Å²) in [4.78, 5) is 148. The molecule has 4 aromatic carbocycles. The molecule has 0 spiro atoms. The van der Waals surface area contributed by atoms with E-state index in [4.69, 9.17) is 42.6 Å². The van der Waals surface area contributed by atoms with Crippen molar-refractivity contribution in [3.05, 3.63) is 228 Å². The van der Waals surface area contributed by atoms with Crippen molar-refractivity contribution < 1.29 is 111 Å². The van der Waals surface area contributed by atoms with Gasteiger partial charge in [-0.05, 0) is 191 Å². The van der Waals surface area contributed by atoms with Gasteiger partial charge in [0.05, 0.1) is 129 Å². The monoisotopic (exact) mass is 1990 g/mol. The number of esters is 1. The minimum Gasteiger partial charge on any atom is -0.504 e. The van der Waals surface area contributed by atoms with Gasteiger partial charge in [0.2, 0.25) is 29.0 Å². The number of methoxy groups -OCH3 is 8. The first-order chi connectivity index (χ1) is 69.5. The maximum atomic E-state index is 13.6. The van der Waals surface area contributed by atoms with Crippen LogP contribution >= 0.6 is 0 Å². The number of ether oxygens (including phenoxy) is 9. The number of allylic oxidation sites excluding steroid dienone is 16. The molecule has 36 nitrogen and oxygen atoms in total. The highest BCUT2D eigenvalue weighted by molar-refractivity contribution is 6.29. The predicted octanol–water partition coefficient (Wildman–Crippen LogP) is 9.32. The molecule has 5 N–H and O–H groups in total. The number of Topliss-reactive ketones (excluding diaryl/α,β-unsaturated/α-hetero) is 8. The third kappa shape index (κ3) is 14.9. The normalized spacial score (nSPS) is 26.9. The molecule has 4 aromatic rings. The molecule has 0 saturated carbocycles. The van der Waals surface area contributed by atoms with E-state index in [2.05, 4.69) is 39.4 Å². The van der Waals surface area contributed by atoms with Gasteiger partial charge in [0, 0.05) is 156 Å². The van der Waals surface area contributed by atoms with Gasteiger partial charge in [-0.3, -0.25) is 67.5 Å². The fraction of sp³-hybridized carbons (Fsp3) is 0.436. The van der Waals surface area contributed by atoms with Gasteiger partial charge in [0.1, 0.15) is 30.8 Å². The van der Waals surface area contributed by atoms with E-state index < -0.39 is 90.0 Å². The lowest BCUT2D eigenvalue weighted by Crippen LogP contribution is -2.65. The molecule has 8 bridgehead atoms. The molecule has 0 unspecified atom stereocenters. The number of hydrogen-bond donors (Lipinski definition) is 5. The number of nitriles is 4. The molecule has 12 aliphatic heterocycles. The van der Waals surface area contributed by atoms with Crippen LogP contribution in [0.4, 0.5) is 0 Å². The Hall–Kier alpha value is -15.3. The molecule has 1 amide bonds. The summed E-state index contributed by atoms with van der Waals surface area (Å²) in [5.74, 6) is -1.87. The van der Waals surface area contributed by atoms with Crippen LogP contribution in [-0.4, -0.2) is 288 Å². The Bertz CT molecular complexity index is 6740. The van der Waals surface area contributed by atoms with Crippen molar-refractivity contribution in [1.29, 1.82) is 21.0 Å². The van der Waals surface area contributed by atoms with Crippen LogP contribution in [-0.2, 0) is 97.3 Å². The number of aromatic hydroxyl groups is 4. The van der Waals surface area contributed by atoms with E-state index in [0.29, 0.717) is 106 Å². The minimum absolute atomic E-state index is 0.00540. The number of fused-ring (bicyclic) bond motifs is 24. The largest absolute Gasteiger partial charge is 0.504 e. The second-order valence-corrected chi connectivity index (χ2v) is 39.3. The Morgan fingerprint density at radius 2 is 0.582 bits per heavy atom. The zero-order valence-corrected chi connectivity index (χ0v) is 85.9. The maximum Gasteiger partial charge on any atom is 0.302 e. The van der Waals surface area contributed by atoms with Crippen molar-refractivity contribution in [2.75, 3.05) is 98.2 Å². The Morgan fingerprint density at radius 1 is 0.356 bits per heavy atom. The Labute approximate surface area is 845 Å². The standard InChI is InChI=1S/C28H30N4O6.C28H29N3O7.2C27H29N3O5/c1-12-7-15-8-17-19(10-29)32-18(23(31(17)4)21(15)25(35)27(12)37-5)9-16-22(20(32)11-30-14(3)33)26(36)28(38-6)13(2)24(16)34;1-12-7-15-8-17-19(10-29)31-18(23(30(17)4)21(15)25(34)27(12)36-5)9-16-22(20(31)11-38-14(3)32)26(35)28(37-6)13(2)24(16)33;2*1-7-16-21-15(23(31)13(3)27(35-6)25(21)33)10-18-22-20-14(8-12(2)26(34-5)24(20)32)9-17(29(22)4)19(11-28)30(16)18/h7,9,17,19-20,23,35H,8,11H2,1-6H3,(H,30,33);7,9,17,19-20,23,34H,8,11H2,1-6H3;2*8,10,16-17,19,22,32H,7,9H2,1-6H3/t2*17-,19-,20-,23-;2*16-,17-,19-,22-/m0000/s1. The summed E-state index contributed by atoms with van der Waals surface area (Å²) in [5, 5.41) is 89.7. The van der Waals surface area contributed by atoms with E-state index in [1.807, 2.05) is 118 Å². The van der Waals surface area contributed by atoms with E-state index in [1.165, 1.54) is 77.6 Å². The number of nitrogens with zero attached hydrogens (tertiary/aromatic N) is 12. The second kappa shape index (κ2) is 38.3. The zero-order chi connectivity index (χ0) is 106. The van der Waals surface area contributed by atoms with Crippen molar-refractivity contribution in [3.63, 3.8) is 0 Å². The van der Waals surface area contributed by atoms with Crippen LogP contribution in [0.2, 0.25) is 0 Å². The lowest BCUT2D eigenvalue weighted by molar-refractivity contribution is -0.143. The summed E-state index contributed by atoms with van der Waals surface area (Å²) in [6, 6.07) is 9.85. The number of rotatable bonds is 14. The van der Waals surface area contributed by atoms with Gasteiger partial charge in [0.15, 0.2) is 92.2 Å². The van der Waals surface area contributed by atoms with Gasteiger partial charge in [-0.15, -0.1) is 0 Å². The molecule has 20 rings (SSSR count). The summed E-state index contributed by atoms with van der Waals surface area (Å²) in [5.41, 5.74) is 15.4. The van der Waals surface area contributed by atoms with E-state index in [1.54, 1.807) is 50.0 Å². The fourth-order valence-corrected chi connectivity index (χ4v) is 25.9. The number of carbonyl (C=O) groups excluding carboxylic acids is 10. The van der Waals surface area contributed by atoms with Crippen LogP contribution < -0.4 is 24.3 Å². The van der Waals surface area contributed by atoms with Crippen LogP contribution in [0, 0.1) is 73.0 Å². The molecule has 146 heavy (non-hydrogen) atoms. The summed E-state index contributed by atoms with van der Waals surface area (Å²) in [6.07, 6.45) is 9.95. The van der Waals surface area contributed by atoms with Gasteiger partial charge in [-0.2, -0.15) is 21.0 Å². The number of phenolic OH excluding ortho intramolecular Hbond substituents is 4. The van der Waals surface area contributed by atoms with Gasteiger partial charge >= 0.3 is 5.97 Å². The van der Waals surface area contributed by atoms with Gasteiger partial charge in [0.25, 0.3) is 0 Å². The molecule has 16 aliphatic rings. The van der Waals surface area contributed by atoms with Crippen molar-refractivity contribution in [2.24, 2.45) is 0 Å². The van der Waals surface area contributed by atoms with Crippen LogP contribution in [0.5, 0.6) is 46.0 Å². The molecule has 760 valence electrons. The molecule has 16 atom stereocenters. The van der Waals surface area contributed by atoms with Gasteiger partial charge in [-0.25, -0.2) is 0 Å². The number of carbonyl (C=O) groups is 10. The summed E-state index contributed by atoms with van der Waals surface area (Å²) in [7, 11) is 19.2. The summed E-state index contributed by atoms with van der Waals surface area (Å²) >= 11 is 0. The van der Waals surface area contributed by atoms with Crippen LogP contribution in [0.15, 0.2) is 161 Å². The van der Waals surface area contributed by atoms with E-state index in [9.17, 15) is 89.4 Å². The SMILES string of the molecule is CC[C@H]1C2=C(C=C3[C@H]4c5c(cc(C)c(OC)c5O)C[C@@H]([C@H](C#N)N31)N4C)C(=O)C(C)=C(OC)C2=O.CC[C@H]1C2=C(C=C3[C@H]4c5c(cc(C)c(OC)c5O)C[C@@H]([C@H](C#N)N31)N4C)C(=O)C(C)=C(OC)C2=O.COC1=C(C)C(=O)C2=C(C1=O)[C@H](CNC(C)=O)N1C(=C2)[C@H]2c3c(cc(C)c(OC)c3O)C[C@@H]([C@@H]1C#N)N2C.COC1=C(C)C(=O)C2=C(C1=O)[C@H](COC(C)=O)N1C(=C2)[C@H]2c3c(cc(C)c(OC)c3O)C[C@@H]([C@@H]1C#N)N2C. The van der Waals surface area contributed by atoms with Crippen LogP contribution in [0.3, 0.4) is 0 Å². The predicted molar refractivity (Wildman–Crippen MR) is 525 cm³/mol. The first-order valence-corrected chi connectivity index (χ1v) is 48.3. The number of hydrogen-bond acceptors (Lipinski definition) is 35. The first-order valence-electron chi connectivity index (χ1n) is 48.3. The van der Waals surface area contributed by atoms with E-state index in [-0.39, 0.29) is 169 Å². The molecule has 4 fully saturated rings. The lowest BCUT2D eigenvalue weighted by atomic mass is 9.73. The second-order valence-electron chi connectivity index (χ2n) is 39.3. The average molecular weight is 1990 g/mol.